The molecule has 152 valence electrons. The minimum atomic E-state index is 0. The summed E-state index contributed by atoms with van der Waals surface area (Å²) < 4.78 is 0. The van der Waals surface area contributed by atoms with Crippen molar-refractivity contribution in [2.24, 2.45) is 17.6 Å². The average molecular weight is 396 g/mol. The van der Waals surface area contributed by atoms with Crippen LogP contribution in [0.2, 0.25) is 0 Å². The van der Waals surface area contributed by atoms with E-state index < -0.39 is 0 Å². The first-order chi connectivity index (χ1) is 12.4. The van der Waals surface area contributed by atoms with Crippen LogP contribution in [0.1, 0.15) is 61.9 Å². The lowest BCUT2D eigenvalue weighted by atomic mass is 10.0. The Balaban J connectivity index is 0.00000364. The summed E-state index contributed by atoms with van der Waals surface area (Å²) in [7, 11) is 1.81. The van der Waals surface area contributed by atoms with E-state index in [2.05, 4.69) is 19.2 Å². The van der Waals surface area contributed by atoms with Gasteiger partial charge in [0, 0.05) is 37.7 Å². The third-order valence-corrected chi connectivity index (χ3v) is 5.39. The molecular weight excluding hydrogens is 362 g/mol. The molecule has 2 rings (SSSR count). The summed E-state index contributed by atoms with van der Waals surface area (Å²) in [4.78, 5) is 26.3. The summed E-state index contributed by atoms with van der Waals surface area (Å²) >= 11 is 0. The van der Waals surface area contributed by atoms with Gasteiger partial charge in [-0.05, 0) is 42.9 Å². The van der Waals surface area contributed by atoms with Crippen molar-refractivity contribution in [2.45, 2.75) is 58.5 Å². The van der Waals surface area contributed by atoms with Crippen molar-refractivity contribution in [3.63, 3.8) is 0 Å². The van der Waals surface area contributed by atoms with Gasteiger partial charge in [0.15, 0.2) is 0 Å². The van der Waals surface area contributed by atoms with Gasteiger partial charge in [-0.2, -0.15) is 0 Å². The van der Waals surface area contributed by atoms with Crippen LogP contribution in [0.25, 0.3) is 0 Å². The first kappa shape index (κ1) is 23.4. The van der Waals surface area contributed by atoms with E-state index in [1.54, 1.807) is 4.90 Å². The van der Waals surface area contributed by atoms with Crippen LogP contribution in [-0.4, -0.2) is 36.3 Å². The molecular formula is C21H34ClN3O2. The highest BCUT2D eigenvalue weighted by Gasteiger charge is 2.22. The van der Waals surface area contributed by atoms with Crippen LogP contribution >= 0.6 is 12.4 Å². The molecule has 1 saturated carbocycles. The molecule has 0 aliphatic heterocycles. The van der Waals surface area contributed by atoms with E-state index in [1.165, 1.54) is 0 Å². The summed E-state index contributed by atoms with van der Waals surface area (Å²) in [5.74, 6) is 0.755. The summed E-state index contributed by atoms with van der Waals surface area (Å²) in [5, 5.41) is 3.01. The van der Waals surface area contributed by atoms with Crippen LogP contribution in [0.15, 0.2) is 24.3 Å². The predicted molar refractivity (Wildman–Crippen MR) is 112 cm³/mol. The Hall–Kier alpha value is -1.59. The molecule has 27 heavy (non-hydrogen) atoms. The molecule has 0 radical (unpaired) electrons. The first-order valence-electron chi connectivity index (χ1n) is 9.76. The van der Waals surface area contributed by atoms with Crippen molar-refractivity contribution >= 4 is 24.2 Å². The van der Waals surface area contributed by atoms with Gasteiger partial charge in [-0.1, -0.05) is 38.8 Å². The van der Waals surface area contributed by atoms with Crippen molar-refractivity contribution in [2.75, 3.05) is 13.6 Å². The molecule has 0 heterocycles. The maximum atomic E-state index is 12.5. The topological polar surface area (TPSA) is 75.4 Å². The molecule has 0 saturated heterocycles. The third-order valence-electron chi connectivity index (χ3n) is 5.39. The number of hydrogen-bond acceptors (Lipinski definition) is 3. The first-order valence-corrected chi connectivity index (χ1v) is 9.76. The lowest BCUT2D eigenvalue weighted by molar-refractivity contribution is -0.124. The van der Waals surface area contributed by atoms with E-state index in [1.807, 2.05) is 31.3 Å². The van der Waals surface area contributed by atoms with Gasteiger partial charge in [0.2, 0.25) is 5.91 Å². The van der Waals surface area contributed by atoms with Gasteiger partial charge in [-0.3, -0.25) is 9.59 Å². The van der Waals surface area contributed by atoms with Gasteiger partial charge < -0.3 is 16.0 Å². The minimum Gasteiger partial charge on any atom is -0.352 e. The van der Waals surface area contributed by atoms with E-state index in [0.29, 0.717) is 24.6 Å². The summed E-state index contributed by atoms with van der Waals surface area (Å²) in [6.07, 6.45) is 5.12. The van der Waals surface area contributed by atoms with Crippen molar-refractivity contribution < 1.29 is 9.59 Å². The number of carbonyl (C=O) groups is 2. The highest BCUT2D eigenvalue weighted by atomic mass is 35.5. The van der Waals surface area contributed by atoms with Crippen LogP contribution < -0.4 is 11.1 Å². The quantitative estimate of drug-likeness (QED) is 0.708. The van der Waals surface area contributed by atoms with Crippen LogP contribution in [0.3, 0.4) is 0 Å². The Morgan fingerprint density at radius 1 is 1.19 bits per heavy atom. The molecule has 0 aromatic heterocycles. The van der Waals surface area contributed by atoms with Gasteiger partial charge >= 0.3 is 0 Å². The molecule has 1 atom stereocenters. The Labute approximate surface area is 169 Å². The molecule has 1 aromatic rings. The Morgan fingerprint density at radius 2 is 1.78 bits per heavy atom. The number of halogens is 1. The van der Waals surface area contributed by atoms with E-state index in [0.717, 1.165) is 37.7 Å². The molecule has 1 aromatic carbocycles. The smallest absolute Gasteiger partial charge is 0.253 e. The van der Waals surface area contributed by atoms with Crippen molar-refractivity contribution in [1.82, 2.24) is 10.2 Å². The maximum absolute atomic E-state index is 12.5. The monoisotopic (exact) mass is 395 g/mol. The fourth-order valence-electron chi connectivity index (χ4n) is 3.28. The molecule has 1 fully saturated rings. The zero-order chi connectivity index (χ0) is 19.1. The van der Waals surface area contributed by atoms with E-state index >= 15 is 0 Å². The average Bonchev–Trinajstić information content (AvgIpc) is 3.18. The Kier molecular flexibility index (Phi) is 9.81. The van der Waals surface area contributed by atoms with Crippen molar-refractivity contribution in [1.29, 1.82) is 0 Å². The minimum absolute atomic E-state index is 0. The molecule has 1 unspecified atom stereocenters. The number of hydrogen-bond donors (Lipinski definition) is 2. The third kappa shape index (κ3) is 7.15. The molecule has 3 N–H and O–H groups in total. The van der Waals surface area contributed by atoms with Crippen LogP contribution in [0, 0.1) is 11.8 Å². The Bertz CT molecular complexity index is 598. The van der Waals surface area contributed by atoms with Crippen LogP contribution in [0.4, 0.5) is 0 Å². The number of benzene rings is 1. The van der Waals surface area contributed by atoms with E-state index in [-0.39, 0.29) is 36.2 Å². The number of amides is 2. The molecule has 2 amide bonds. The van der Waals surface area contributed by atoms with Crippen molar-refractivity contribution in [3.05, 3.63) is 35.4 Å². The lowest BCUT2D eigenvalue weighted by Gasteiger charge is -2.21. The van der Waals surface area contributed by atoms with E-state index in [4.69, 9.17) is 5.73 Å². The Morgan fingerprint density at radius 3 is 2.33 bits per heavy atom. The SMILES string of the molecule is CC(C)C(N)CCN(C)C(=O)c1ccc(CNC(=O)C2CCCC2)cc1.Cl. The van der Waals surface area contributed by atoms with Crippen molar-refractivity contribution in [3.8, 4) is 0 Å². The standard InChI is InChI=1S/C21H33N3O2.ClH/c1-15(2)19(22)12-13-24(3)21(26)18-10-8-16(9-11-18)14-23-20(25)17-6-4-5-7-17;/h8-11,15,17,19H,4-7,12-14,22H2,1-3H3,(H,23,25);1H. The second kappa shape index (κ2) is 11.3. The van der Waals surface area contributed by atoms with Gasteiger partial charge in [0.25, 0.3) is 5.91 Å². The molecule has 1 aliphatic rings. The number of nitrogens with zero attached hydrogens (tertiary/aromatic N) is 1. The molecule has 6 heteroatoms. The summed E-state index contributed by atoms with van der Waals surface area (Å²) in [6, 6.07) is 7.60. The molecule has 0 spiro atoms. The zero-order valence-electron chi connectivity index (χ0n) is 16.7. The number of rotatable bonds is 8. The van der Waals surface area contributed by atoms with Gasteiger partial charge in [-0.15, -0.1) is 12.4 Å². The van der Waals surface area contributed by atoms with Gasteiger partial charge in [-0.25, -0.2) is 0 Å². The fraction of sp³-hybridized carbons (Fsp3) is 0.619. The highest BCUT2D eigenvalue weighted by Crippen LogP contribution is 2.24. The molecule has 0 bridgehead atoms. The molecule has 1 aliphatic carbocycles. The number of nitrogens with one attached hydrogen (secondary N) is 1. The zero-order valence-corrected chi connectivity index (χ0v) is 17.6. The number of nitrogens with two attached hydrogens (primary N) is 1. The second-order valence-electron chi connectivity index (χ2n) is 7.82. The van der Waals surface area contributed by atoms with Gasteiger partial charge in [0.1, 0.15) is 0 Å². The molecule has 5 nitrogen and oxygen atoms in total. The van der Waals surface area contributed by atoms with Crippen LogP contribution in [-0.2, 0) is 11.3 Å². The highest BCUT2D eigenvalue weighted by molar-refractivity contribution is 5.94. The predicted octanol–water partition coefficient (Wildman–Crippen LogP) is 3.36. The summed E-state index contributed by atoms with van der Waals surface area (Å²) in [5.41, 5.74) is 7.73. The lowest BCUT2D eigenvalue weighted by Crippen LogP contribution is -2.34. The largest absolute Gasteiger partial charge is 0.352 e. The van der Waals surface area contributed by atoms with E-state index in [9.17, 15) is 9.59 Å². The maximum Gasteiger partial charge on any atom is 0.253 e. The van der Waals surface area contributed by atoms with Gasteiger partial charge in [0.05, 0.1) is 0 Å². The van der Waals surface area contributed by atoms with Crippen LogP contribution in [0.5, 0.6) is 0 Å². The number of carbonyl (C=O) groups excluding carboxylic acids is 2. The second-order valence-corrected chi connectivity index (χ2v) is 7.82. The normalized spacial score (nSPS) is 15.3. The fourth-order valence-corrected chi connectivity index (χ4v) is 3.28. The summed E-state index contributed by atoms with van der Waals surface area (Å²) in [6.45, 7) is 5.35.